The lowest BCUT2D eigenvalue weighted by molar-refractivity contribution is -0.144. The first-order valence-electron chi connectivity index (χ1n) is 6.98. The lowest BCUT2D eigenvalue weighted by Gasteiger charge is -2.28. The Kier molecular flexibility index (Phi) is 4.77. The van der Waals surface area contributed by atoms with Crippen molar-refractivity contribution in [3.63, 3.8) is 0 Å². The van der Waals surface area contributed by atoms with Crippen LogP contribution < -0.4 is 5.32 Å². The Morgan fingerprint density at radius 2 is 2.00 bits per heavy atom. The van der Waals surface area contributed by atoms with E-state index in [1.807, 2.05) is 0 Å². The van der Waals surface area contributed by atoms with Crippen LogP contribution in [0, 0.1) is 17.7 Å². The van der Waals surface area contributed by atoms with E-state index in [1.54, 1.807) is 0 Å². The monoisotopic (exact) mass is 295 g/mol. The molecular formula is C15H18FNO4. The van der Waals surface area contributed by atoms with E-state index < -0.39 is 29.4 Å². The van der Waals surface area contributed by atoms with Crippen molar-refractivity contribution >= 4 is 11.9 Å². The predicted molar refractivity (Wildman–Crippen MR) is 73.5 cm³/mol. The molecule has 0 saturated heterocycles. The molecule has 6 heteroatoms. The van der Waals surface area contributed by atoms with Crippen molar-refractivity contribution in [2.75, 3.05) is 6.54 Å². The van der Waals surface area contributed by atoms with Crippen molar-refractivity contribution in [2.24, 2.45) is 11.8 Å². The number of nitrogens with one attached hydrogen (secondary N) is 1. The quantitative estimate of drug-likeness (QED) is 0.794. The van der Waals surface area contributed by atoms with Gasteiger partial charge in [-0.25, -0.2) is 4.39 Å². The van der Waals surface area contributed by atoms with Gasteiger partial charge in [0.1, 0.15) is 11.6 Å². The van der Waals surface area contributed by atoms with Crippen LogP contribution in [0.15, 0.2) is 18.2 Å². The van der Waals surface area contributed by atoms with Crippen LogP contribution >= 0.6 is 0 Å². The third-order valence-electron chi connectivity index (χ3n) is 3.96. The number of carbonyl (C=O) groups excluding carboxylic acids is 1. The number of aliphatic carboxylic acids is 1. The van der Waals surface area contributed by atoms with E-state index in [0.717, 1.165) is 31.4 Å². The van der Waals surface area contributed by atoms with E-state index in [-0.39, 0.29) is 18.0 Å². The Labute approximate surface area is 121 Å². The summed E-state index contributed by atoms with van der Waals surface area (Å²) in [6.45, 7) is 0.243. The topological polar surface area (TPSA) is 86.6 Å². The van der Waals surface area contributed by atoms with Crippen LogP contribution in [0.5, 0.6) is 5.75 Å². The summed E-state index contributed by atoms with van der Waals surface area (Å²) in [5.74, 6) is -2.96. The van der Waals surface area contributed by atoms with E-state index in [9.17, 15) is 24.2 Å². The zero-order chi connectivity index (χ0) is 15.4. The fourth-order valence-corrected chi connectivity index (χ4v) is 2.79. The molecule has 0 radical (unpaired) electrons. The smallest absolute Gasteiger partial charge is 0.306 e. The van der Waals surface area contributed by atoms with Gasteiger partial charge >= 0.3 is 5.97 Å². The van der Waals surface area contributed by atoms with Crippen LogP contribution in [0.3, 0.4) is 0 Å². The van der Waals surface area contributed by atoms with Crippen molar-refractivity contribution < 1.29 is 24.2 Å². The normalized spacial score (nSPS) is 21.8. The first-order valence-corrected chi connectivity index (χ1v) is 6.98. The maximum atomic E-state index is 12.9. The zero-order valence-electron chi connectivity index (χ0n) is 11.5. The van der Waals surface area contributed by atoms with Crippen LogP contribution in [0.1, 0.15) is 36.0 Å². The molecule has 2 rings (SSSR count). The standard InChI is InChI=1S/C15H18FNO4/c16-10-5-6-12(13(18)7-10)14(19)17-8-9-3-1-2-4-11(9)15(20)21/h5-7,9,11,18H,1-4,8H2,(H,17,19)(H,20,21). The first-order chi connectivity index (χ1) is 9.99. The highest BCUT2D eigenvalue weighted by atomic mass is 19.1. The summed E-state index contributed by atoms with van der Waals surface area (Å²) < 4.78 is 12.9. The summed E-state index contributed by atoms with van der Waals surface area (Å²) in [5, 5.41) is 21.3. The number of carboxylic acid groups (broad SMARTS) is 1. The molecule has 1 aromatic carbocycles. The number of carboxylic acids is 1. The van der Waals surface area contributed by atoms with Crippen LogP contribution in [-0.4, -0.2) is 28.6 Å². The Balaban J connectivity index is 1.98. The highest BCUT2D eigenvalue weighted by Gasteiger charge is 2.31. The van der Waals surface area contributed by atoms with Gasteiger partial charge in [-0.2, -0.15) is 0 Å². The Hall–Kier alpha value is -2.11. The minimum absolute atomic E-state index is 0.0147. The Bertz CT molecular complexity index is 546. The van der Waals surface area contributed by atoms with Gasteiger partial charge in [0.05, 0.1) is 11.5 Å². The van der Waals surface area contributed by atoms with Crippen molar-refractivity contribution in [3.05, 3.63) is 29.6 Å². The molecule has 21 heavy (non-hydrogen) atoms. The number of benzene rings is 1. The molecule has 1 fully saturated rings. The Morgan fingerprint density at radius 3 is 2.67 bits per heavy atom. The molecule has 1 saturated carbocycles. The van der Waals surface area contributed by atoms with Gasteiger partial charge in [0.25, 0.3) is 5.91 Å². The molecule has 0 heterocycles. The Morgan fingerprint density at radius 1 is 1.29 bits per heavy atom. The molecular weight excluding hydrogens is 277 g/mol. The number of hydrogen-bond acceptors (Lipinski definition) is 3. The predicted octanol–water partition coefficient (Wildman–Crippen LogP) is 2.15. The molecule has 1 amide bonds. The summed E-state index contributed by atoms with van der Waals surface area (Å²) >= 11 is 0. The first kappa shape index (κ1) is 15.3. The van der Waals surface area contributed by atoms with Crippen LogP contribution in [0.4, 0.5) is 4.39 Å². The number of halogens is 1. The van der Waals surface area contributed by atoms with Gasteiger partial charge in [-0.05, 0) is 30.9 Å². The number of amides is 1. The maximum Gasteiger partial charge on any atom is 0.306 e. The summed E-state index contributed by atoms with van der Waals surface area (Å²) in [6, 6.07) is 3.17. The van der Waals surface area contributed by atoms with E-state index in [0.29, 0.717) is 6.42 Å². The summed E-state index contributed by atoms with van der Waals surface area (Å²) in [6.07, 6.45) is 3.22. The minimum Gasteiger partial charge on any atom is -0.507 e. The highest BCUT2D eigenvalue weighted by Crippen LogP contribution is 2.30. The second kappa shape index (κ2) is 6.56. The molecule has 5 nitrogen and oxygen atoms in total. The second-order valence-electron chi connectivity index (χ2n) is 5.36. The van der Waals surface area contributed by atoms with E-state index >= 15 is 0 Å². The number of hydrogen-bond donors (Lipinski definition) is 3. The molecule has 1 aliphatic carbocycles. The number of phenols is 1. The van der Waals surface area contributed by atoms with E-state index in [4.69, 9.17) is 0 Å². The van der Waals surface area contributed by atoms with E-state index in [1.165, 1.54) is 6.07 Å². The fourth-order valence-electron chi connectivity index (χ4n) is 2.79. The average molecular weight is 295 g/mol. The number of phenolic OH excluding ortho intramolecular Hbond substituents is 1. The largest absolute Gasteiger partial charge is 0.507 e. The third kappa shape index (κ3) is 3.71. The average Bonchev–Trinajstić information content (AvgIpc) is 2.45. The lowest BCUT2D eigenvalue weighted by Crippen LogP contribution is -2.37. The molecule has 0 bridgehead atoms. The molecule has 1 aliphatic rings. The molecule has 0 spiro atoms. The molecule has 114 valence electrons. The SMILES string of the molecule is O=C(NCC1CCCCC1C(=O)O)c1ccc(F)cc1O. The summed E-state index contributed by atoms with van der Waals surface area (Å²) in [5.41, 5.74) is -0.0147. The van der Waals surface area contributed by atoms with Crippen molar-refractivity contribution in [2.45, 2.75) is 25.7 Å². The van der Waals surface area contributed by atoms with Gasteiger partial charge in [-0.15, -0.1) is 0 Å². The van der Waals surface area contributed by atoms with Crippen molar-refractivity contribution in [1.82, 2.24) is 5.32 Å². The molecule has 3 N–H and O–H groups in total. The van der Waals surface area contributed by atoms with Gasteiger partial charge in [0.15, 0.2) is 0 Å². The van der Waals surface area contributed by atoms with Crippen LogP contribution in [0.2, 0.25) is 0 Å². The van der Waals surface area contributed by atoms with Gasteiger partial charge in [-0.1, -0.05) is 12.8 Å². The molecule has 2 unspecified atom stereocenters. The zero-order valence-corrected chi connectivity index (χ0v) is 11.5. The highest BCUT2D eigenvalue weighted by molar-refractivity contribution is 5.96. The van der Waals surface area contributed by atoms with E-state index in [2.05, 4.69) is 5.32 Å². The van der Waals surface area contributed by atoms with Crippen molar-refractivity contribution in [1.29, 1.82) is 0 Å². The summed E-state index contributed by atoms with van der Waals surface area (Å²) in [7, 11) is 0. The number of carbonyl (C=O) groups is 2. The molecule has 0 aliphatic heterocycles. The van der Waals surface area contributed by atoms with Gasteiger partial charge in [0, 0.05) is 12.6 Å². The van der Waals surface area contributed by atoms with Crippen LogP contribution in [0.25, 0.3) is 0 Å². The third-order valence-corrected chi connectivity index (χ3v) is 3.96. The minimum atomic E-state index is -0.835. The van der Waals surface area contributed by atoms with Gasteiger partial charge in [-0.3, -0.25) is 9.59 Å². The summed E-state index contributed by atoms with van der Waals surface area (Å²) in [4.78, 5) is 23.1. The second-order valence-corrected chi connectivity index (χ2v) is 5.36. The lowest BCUT2D eigenvalue weighted by atomic mass is 9.79. The van der Waals surface area contributed by atoms with Gasteiger partial charge in [0.2, 0.25) is 0 Å². The van der Waals surface area contributed by atoms with Gasteiger partial charge < -0.3 is 15.5 Å². The maximum absolute atomic E-state index is 12.9. The van der Waals surface area contributed by atoms with Crippen molar-refractivity contribution in [3.8, 4) is 5.75 Å². The fraction of sp³-hybridized carbons (Fsp3) is 0.467. The molecule has 1 aromatic rings. The molecule has 2 atom stereocenters. The molecule has 0 aromatic heterocycles. The number of aromatic hydroxyl groups is 1. The number of rotatable bonds is 4. The van der Waals surface area contributed by atoms with Crippen LogP contribution in [-0.2, 0) is 4.79 Å².